The van der Waals surface area contributed by atoms with Gasteiger partial charge in [-0.1, -0.05) is 15.9 Å². The lowest BCUT2D eigenvalue weighted by Gasteiger charge is -2.20. The second kappa shape index (κ2) is 6.52. The molecule has 1 aliphatic heterocycles. The number of carboxylic acid groups (broad SMARTS) is 1. The molecule has 2 N–H and O–H groups in total. The first-order valence-corrected chi connectivity index (χ1v) is 7.73. The van der Waals surface area contributed by atoms with E-state index >= 15 is 0 Å². The number of nitrogens with one attached hydrogen (secondary N) is 1. The number of halogens is 1. The molecule has 1 amide bonds. The molecule has 0 unspecified atom stereocenters. The number of hydrogen-bond donors (Lipinski definition) is 2. The summed E-state index contributed by atoms with van der Waals surface area (Å²) in [5.41, 5.74) is 0.512. The lowest BCUT2D eigenvalue weighted by atomic mass is 9.89. The normalized spacial score (nSPS) is 13.7. The van der Waals surface area contributed by atoms with E-state index in [0.717, 1.165) is 15.8 Å². The average molecular weight is 368 g/mol. The van der Waals surface area contributed by atoms with Gasteiger partial charge >= 0.3 is 5.97 Å². The van der Waals surface area contributed by atoms with Gasteiger partial charge < -0.3 is 15.2 Å². The van der Waals surface area contributed by atoms with E-state index in [1.54, 1.807) is 19.9 Å². The van der Waals surface area contributed by atoms with Crippen molar-refractivity contribution in [2.45, 2.75) is 20.3 Å². The molecule has 118 valence electrons. The second-order valence-electron chi connectivity index (χ2n) is 5.84. The lowest BCUT2D eigenvalue weighted by Crippen LogP contribution is -2.34. The Morgan fingerprint density at radius 1 is 1.41 bits per heavy atom. The predicted molar refractivity (Wildman–Crippen MR) is 86.7 cm³/mol. The maximum Gasteiger partial charge on any atom is 0.309 e. The number of rotatable bonds is 5. The average Bonchev–Trinajstić information content (AvgIpc) is 2.45. The van der Waals surface area contributed by atoms with Crippen LogP contribution < -0.4 is 10.1 Å². The minimum atomic E-state index is -0.874. The fourth-order valence-corrected chi connectivity index (χ4v) is 2.37. The van der Waals surface area contributed by atoms with E-state index in [9.17, 15) is 9.59 Å². The minimum absolute atomic E-state index is 0.211. The number of hydrogen-bond acceptors (Lipinski definition) is 3. The first-order chi connectivity index (χ1) is 10.3. The summed E-state index contributed by atoms with van der Waals surface area (Å²) in [4.78, 5) is 23.1. The van der Waals surface area contributed by atoms with Crippen LogP contribution in [-0.2, 0) is 9.59 Å². The van der Waals surface area contributed by atoms with E-state index in [-0.39, 0.29) is 12.5 Å². The number of ether oxygens (including phenoxy) is 1. The van der Waals surface area contributed by atoms with Crippen molar-refractivity contribution >= 4 is 33.9 Å². The topological polar surface area (TPSA) is 75.6 Å². The Morgan fingerprint density at radius 3 is 2.82 bits per heavy atom. The molecule has 0 bridgehead atoms. The fourth-order valence-electron chi connectivity index (χ4n) is 1.99. The highest BCUT2D eigenvalue weighted by Gasteiger charge is 2.27. The molecule has 0 radical (unpaired) electrons. The zero-order valence-corrected chi connectivity index (χ0v) is 14.1. The summed E-state index contributed by atoms with van der Waals surface area (Å²) in [6, 6.07) is 5.61. The summed E-state index contributed by atoms with van der Waals surface area (Å²) in [5, 5.41) is 11.8. The molecule has 0 aliphatic carbocycles. The zero-order valence-electron chi connectivity index (χ0n) is 12.5. The van der Waals surface area contributed by atoms with Crippen molar-refractivity contribution in [1.82, 2.24) is 5.32 Å². The quantitative estimate of drug-likeness (QED) is 0.838. The van der Waals surface area contributed by atoms with Crippen LogP contribution in [0.15, 0.2) is 28.2 Å². The number of amides is 1. The maximum atomic E-state index is 12.1. The van der Waals surface area contributed by atoms with Crippen molar-refractivity contribution in [1.29, 1.82) is 0 Å². The van der Waals surface area contributed by atoms with Gasteiger partial charge in [0.1, 0.15) is 12.4 Å². The first-order valence-electron chi connectivity index (χ1n) is 6.94. The van der Waals surface area contributed by atoms with Crippen molar-refractivity contribution in [3.05, 3.63) is 33.8 Å². The Balaban J connectivity index is 1.98. The van der Waals surface area contributed by atoms with Crippen molar-refractivity contribution in [3.8, 4) is 5.75 Å². The van der Waals surface area contributed by atoms with Gasteiger partial charge in [-0.25, -0.2) is 0 Å². The highest BCUT2D eigenvalue weighted by atomic mass is 79.9. The molecule has 1 aromatic carbocycles. The molecule has 1 aromatic rings. The largest absolute Gasteiger partial charge is 0.488 e. The number of carbonyl (C=O) groups excluding carboxylic acids is 1. The van der Waals surface area contributed by atoms with E-state index in [0.29, 0.717) is 18.5 Å². The van der Waals surface area contributed by atoms with Crippen LogP contribution in [0, 0.1) is 5.41 Å². The van der Waals surface area contributed by atoms with E-state index < -0.39 is 11.4 Å². The SMILES string of the molecule is CC(C)(CCNC(=O)C1=Cc2cc(Br)ccc2OC1)C(=O)O. The first kappa shape index (κ1) is 16.5. The van der Waals surface area contributed by atoms with Crippen LogP contribution >= 0.6 is 15.9 Å². The molecule has 6 heteroatoms. The molecule has 0 saturated heterocycles. The summed E-state index contributed by atoms with van der Waals surface area (Å²) in [5.74, 6) is -0.362. The van der Waals surface area contributed by atoms with Crippen LogP contribution in [-0.4, -0.2) is 30.1 Å². The van der Waals surface area contributed by atoms with Gasteiger partial charge in [0.2, 0.25) is 0 Å². The van der Waals surface area contributed by atoms with Crippen LogP contribution in [0.3, 0.4) is 0 Å². The van der Waals surface area contributed by atoms with Gasteiger partial charge in [-0.15, -0.1) is 0 Å². The Morgan fingerprint density at radius 2 is 2.14 bits per heavy atom. The van der Waals surface area contributed by atoms with E-state index in [1.807, 2.05) is 18.2 Å². The summed E-state index contributed by atoms with van der Waals surface area (Å²) in [7, 11) is 0. The Kier molecular flexibility index (Phi) is 4.90. The molecule has 0 spiro atoms. The minimum Gasteiger partial charge on any atom is -0.488 e. The van der Waals surface area contributed by atoms with E-state index in [2.05, 4.69) is 21.2 Å². The van der Waals surface area contributed by atoms with Gasteiger partial charge in [0.15, 0.2) is 0 Å². The van der Waals surface area contributed by atoms with Crippen LogP contribution in [0.25, 0.3) is 6.08 Å². The Bertz CT molecular complexity index is 637. The number of aliphatic carboxylic acids is 1. The molecule has 1 heterocycles. The lowest BCUT2D eigenvalue weighted by molar-refractivity contribution is -0.147. The van der Waals surface area contributed by atoms with Crippen LogP contribution in [0.1, 0.15) is 25.8 Å². The smallest absolute Gasteiger partial charge is 0.309 e. The Labute approximate surface area is 137 Å². The van der Waals surface area contributed by atoms with Crippen molar-refractivity contribution in [3.63, 3.8) is 0 Å². The second-order valence-corrected chi connectivity index (χ2v) is 6.75. The monoisotopic (exact) mass is 367 g/mol. The molecule has 0 atom stereocenters. The van der Waals surface area contributed by atoms with Gasteiger partial charge in [0.25, 0.3) is 5.91 Å². The number of carbonyl (C=O) groups is 2. The maximum absolute atomic E-state index is 12.1. The standard InChI is InChI=1S/C16H18BrNO4/c1-16(2,15(20)21)5-6-18-14(19)11-7-10-8-12(17)3-4-13(10)22-9-11/h3-4,7-8H,5-6,9H2,1-2H3,(H,18,19)(H,20,21). The zero-order chi connectivity index (χ0) is 16.3. The van der Waals surface area contributed by atoms with Crippen molar-refractivity contribution in [2.24, 2.45) is 5.41 Å². The van der Waals surface area contributed by atoms with Crippen LogP contribution in [0.2, 0.25) is 0 Å². The summed E-state index contributed by atoms with van der Waals surface area (Å²) in [6.45, 7) is 3.79. The Hall–Kier alpha value is -1.82. The summed E-state index contributed by atoms with van der Waals surface area (Å²) in [6.07, 6.45) is 2.16. The predicted octanol–water partition coefficient (Wildman–Crippen LogP) is 2.84. The fraction of sp³-hybridized carbons (Fsp3) is 0.375. The van der Waals surface area contributed by atoms with Gasteiger partial charge in [0.05, 0.1) is 11.0 Å². The molecule has 5 nitrogen and oxygen atoms in total. The van der Waals surface area contributed by atoms with Gasteiger partial charge in [-0.05, 0) is 44.5 Å². The number of fused-ring (bicyclic) bond motifs is 1. The number of benzene rings is 1. The highest BCUT2D eigenvalue weighted by molar-refractivity contribution is 9.10. The molecule has 0 aromatic heterocycles. The van der Waals surface area contributed by atoms with E-state index in [4.69, 9.17) is 9.84 Å². The highest BCUT2D eigenvalue weighted by Crippen LogP contribution is 2.29. The van der Waals surface area contributed by atoms with Gasteiger partial charge in [-0.2, -0.15) is 0 Å². The number of carboxylic acids is 1. The van der Waals surface area contributed by atoms with Gasteiger partial charge in [-0.3, -0.25) is 9.59 Å². The molecule has 2 rings (SSSR count). The molecule has 22 heavy (non-hydrogen) atoms. The summed E-state index contributed by atoms with van der Waals surface area (Å²) < 4.78 is 6.47. The third-order valence-corrected chi connectivity index (χ3v) is 4.08. The third kappa shape index (κ3) is 3.88. The molecular formula is C16H18BrNO4. The van der Waals surface area contributed by atoms with Crippen molar-refractivity contribution < 1.29 is 19.4 Å². The summed E-state index contributed by atoms with van der Waals surface area (Å²) >= 11 is 3.38. The molecule has 1 aliphatic rings. The van der Waals surface area contributed by atoms with Crippen LogP contribution in [0.5, 0.6) is 5.75 Å². The molecule has 0 saturated carbocycles. The molecule has 0 fully saturated rings. The van der Waals surface area contributed by atoms with Crippen molar-refractivity contribution in [2.75, 3.05) is 13.2 Å². The van der Waals surface area contributed by atoms with Gasteiger partial charge in [0, 0.05) is 16.6 Å². The van der Waals surface area contributed by atoms with E-state index in [1.165, 1.54) is 0 Å². The van der Waals surface area contributed by atoms with Crippen LogP contribution in [0.4, 0.5) is 0 Å². The molecular weight excluding hydrogens is 350 g/mol. The third-order valence-electron chi connectivity index (χ3n) is 3.59.